The highest BCUT2D eigenvalue weighted by atomic mass is 35.5. The first-order valence-corrected chi connectivity index (χ1v) is 11.4. The molecule has 0 bridgehead atoms. The Labute approximate surface area is 193 Å². The molecule has 2 aromatic rings. The van der Waals surface area contributed by atoms with E-state index >= 15 is 0 Å². The molecule has 3 rings (SSSR count). The monoisotopic (exact) mass is 463 g/mol. The second kappa shape index (κ2) is 11.9. The summed E-state index contributed by atoms with van der Waals surface area (Å²) < 4.78 is 18.1. The number of fused-ring (bicyclic) bond motifs is 1. The number of benzene rings is 1. The molecule has 0 spiro atoms. The number of nitrogens with one attached hydrogen (secondary N) is 1. The summed E-state index contributed by atoms with van der Waals surface area (Å²) in [4.78, 5) is 25.1. The van der Waals surface area contributed by atoms with Crippen molar-refractivity contribution >= 4 is 23.5 Å². The van der Waals surface area contributed by atoms with Gasteiger partial charge in [-0.3, -0.25) is 9.48 Å². The zero-order valence-electron chi connectivity index (χ0n) is 18.6. The molecule has 1 aliphatic heterocycles. The van der Waals surface area contributed by atoms with Crippen LogP contribution in [0, 0.1) is 0 Å². The van der Waals surface area contributed by atoms with Gasteiger partial charge in [0.1, 0.15) is 5.75 Å². The fraction of sp³-hybridized carbons (Fsp3) is 0.522. The quantitative estimate of drug-likeness (QED) is 0.499. The second-order valence-electron chi connectivity index (χ2n) is 7.51. The standard InChI is InChI=1S/C23H30ClN3O5/c1-3-18-21-19(7-4-12-31-13-5-10-25-22(21)28)27(26-18)11-6-14-32-23(29)16-8-9-17(24)20(15-16)30-2/h8-9,15H,3-7,10-14H2,1-2H3,(H,25,28). The number of amides is 1. The van der Waals surface area contributed by atoms with E-state index in [0.717, 1.165) is 24.2 Å². The van der Waals surface area contributed by atoms with E-state index in [9.17, 15) is 9.59 Å². The molecule has 0 fully saturated rings. The molecule has 0 unspecified atom stereocenters. The van der Waals surface area contributed by atoms with E-state index < -0.39 is 5.97 Å². The van der Waals surface area contributed by atoms with Gasteiger partial charge in [0, 0.05) is 32.7 Å². The summed E-state index contributed by atoms with van der Waals surface area (Å²) in [6.45, 7) is 4.66. The average Bonchev–Trinajstić information content (AvgIpc) is 3.13. The van der Waals surface area contributed by atoms with Gasteiger partial charge < -0.3 is 19.5 Å². The maximum absolute atomic E-state index is 12.8. The number of hydrogen-bond acceptors (Lipinski definition) is 6. The van der Waals surface area contributed by atoms with Gasteiger partial charge in [0.25, 0.3) is 5.91 Å². The summed E-state index contributed by atoms with van der Waals surface area (Å²) in [5.41, 5.74) is 2.77. The Morgan fingerprint density at radius 3 is 2.91 bits per heavy atom. The number of carbonyl (C=O) groups excluding carboxylic acids is 2. The van der Waals surface area contributed by atoms with Gasteiger partial charge in [0.2, 0.25) is 0 Å². The zero-order chi connectivity index (χ0) is 22.9. The predicted molar refractivity (Wildman–Crippen MR) is 121 cm³/mol. The van der Waals surface area contributed by atoms with Gasteiger partial charge in [0.05, 0.1) is 41.3 Å². The van der Waals surface area contributed by atoms with E-state index in [4.69, 9.17) is 25.8 Å². The van der Waals surface area contributed by atoms with Crippen molar-refractivity contribution in [3.8, 4) is 5.75 Å². The Hall–Kier alpha value is -2.58. The smallest absolute Gasteiger partial charge is 0.338 e. The molecule has 2 heterocycles. The lowest BCUT2D eigenvalue weighted by atomic mass is 10.1. The van der Waals surface area contributed by atoms with Crippen LogP contribution in [-0.2, 0) is 28.9 Å². The van der Waals surface area contributed by atoms with Crippen molar-refractivity contribution < 1.29 is 23.8 Å². The predicted octanol–water partition coefficient (Wildman–Crippen LogP) is 3.44. The van der Waals surface area contributed by atoms with Crippen LogP contribution >= 0.6 is 11.6 Å². The molecule has 8 nitrogen and oxygen atoms in total. The van der Waals surface area contributed by atoms with E-state index in [1.54, 1.807) is 18.2 Å². The number of ether oxygens (including phenoxy) is 3. The molecule has 0 saturated carbocycles. The highest BCUT2D eigenvalue weighted by molar-refractivity contribution is 6.32. The van der Waals surface area contributed by atoms with Gasteiger partial charge >= 0.3 is 5.97 Å². The van der Waals surface area contributed by atoms with Gasteiger partial charge in [-0.2, -0.15) is 5.10 Å². The molecule has 0 aliphatic carbocycles. The Morgan fingerprint density at radius 1 is 1.31 bits per heavy atom. The highest BCUT2D eigenvalue weighted by Gasteiger charge is 2.23. The molecule has 1 amide bonds. The summed E-state index contributed by atoms with van der Waals surface area (Å²) in [5.74, 6) is -0.0910. The van der Waals surface area contributed by atoms with Crippen molar-refractivity contribution in [2.45, 2.75) is 45.6 Å². The fourth-order valence-corrected chi connectivity index (χ4v) is 3.85. The first-order chi connectivity index (χ1) is 15.5. The van der Waals surface area contributed by atoms with Crippen molar-refractivity contribution in [3.05, 3.63) is 45.7 Å². The third-order valence-corrected chi connectivity index (χ3v) is 5.59. The van der Waals surface area contributed by atoms with E-state index in [-0.39, 0.29) is 12.5 Å². The van der Waals surface area contributed by atoms with Crippen LogP contribution in [0.5, 0.6) is 5.75 Å². The lowest BCUT2D eigenvalue weighted by Gasteiger charge is -2.10. The summed E-state index contributed by atoms with van der Waals surface area (Å²) in [5, 5.41) is 8.09. The second-order valence-corrected chi connectivity index (χ2v) is 7.92. The van der Waals surface area contributed by atoms with Crippen molar-refractivity contribution in [2.75, 3.05) is 33.5 Å². The van der Waals surface area contributed by atoms with Gasteiger partial charge in [-0.05, 0) is 43.9 Å². The van der Waals surface area contributed by atoms with E-state index in [0.29, 0.717) is 67.5 Å². The highest BCUT2D eigenvalue weighted by Crippen LogP contribution is 2.25. The van der Waals surface area contributed by atoms with E-state index in [1.165, 1.54) is 7.11 Å². The third-order valence-electron chi connectivity index (χ3n) is 5.28. The fourth-order valence-electron chi connectivity index (χ4n) is 3.66. The number of halogens is 1. The minimum Gasteiger partial charge on any atom is -0.495 e. The SMILES string of the molecule is CCc1nn(CCCOC(=O)c2ccc(Cl)c(OC)c2)c2c1C(=O)NCCCOCCC2. The van der Waals surface area contributed by atoms with Gasteiger partial charge in [-0.25, -0.2) is 4.79 Å². The number of hydrogen-bond donors (Lipinski definition) is 1. The van der Waals surface area contributed by atoms with Gasteiger partial charge in [0.15, 0.2) is 0 Å². The van der Waals surface area contributed by atoms with Gasteiger partial charge in [-0.1, -0.05) is 18.5 Å². The Bertz CT molecular complexity index is 944. The molecule has 0 atom stereocenters. The van der Waals surface area contributed by atoms with Crippen LogP contribution in [0.1, 0.15) is 58.3 Å². The van der Waals surface area contributed by atoms with Crippen LogP contribution in [0.15, 0.2) is 18.2 Å². The number of methoxy groups -OCH3 is 1. The first kappa shape index (κ1) is 24.1. The largest absolute Gasteiger partial charge is 0.495 e. The molecule has 9 heteroatoms. The minimum absolute atomic E-state index is 0.0758. The van der Waals surface area contributed by atoms with Gasteiger partial charge in [-0.15, -0.1) is 0 Å². The van der Waals surface area contributed by atoms with Crippen LogP contribution in [-0.4, -0.2) is 55.1 Å². The van der Waals surface area contributed by atoms with Crippen LogP contribution in [0.2, 0.25) is 5.02 Å². The van der Waals surface area contributed by atoms with Crippen molar-refractivity contribution in [2.24, 2.45) is 0 Å². The maximum Gasteiger partial charge on any atom is 0.338 e. The topological polar surface area (TPSA) is 91.7 Å². The van der Waals surface area contributed by atoms with Crippen LogP contribution in [0.25, 0.3) is 0 Å². The number of carbonyl (C=O) groups is 2. The Balaban J connectivity index is 1.64. The molecular weight excluding hydrogens is 434 g/mol. The summed E-state index contributed by atoms with van der Waals surface area (Å²) in [6.07, 6.45) is 3.57. The Morgan fingerprint density at radius 2 is 2.12 bits per heavy atom. The summed E-state index contributed by atoms with van der Waals surface area (Å²) >= 11 is 6.00. The third kappa shape index (κ3) is 6.01. The number of esters is 1. The number of rotatable bonds is 7. The van der Waals surface area contributed by atoms with E-state index in [2.05, 4.69) is 10.4 Å². The summed E-state index contributed by atoms with van der Waals surface area (Å²) in [7, 11) is 1.49. The van der Waals surface area contributed by atoms with E-state index in [1.807, 2.05) is 11.6 Å². The lowest BCUT2D eigenvalue weighted by Crippen LogP contribution is -2.26. The number of nitrogens with zero attached hydrogens (tertiary/aromatic N) is 2. The molecule has 1 aliphatic rings. The molecule has 0 saturated heterocycles. The molecule has 1 aromatic heterocycles. The van der Waals surface area contributed by atoms with Crippen LogP contribution < -0.4 is 10.1 Å². The number of aromatic nitrogens is 2. The molecule has 1 aromatic carbocycles. The molecule has 174 valence electrons. The van der Waals surface area contributed by atoms with Crippen molar-refractivity contribution in [1.29, 1.82) is 0 Å². The lowest BCUT2D eigenvalue weighted by molar-refractivity contribution is 0.0494. The maximum atomic E-state index is 12.8. The average molecular weight is 464 g/mol. The minimum atomic E-state index is -0.439. The molecule has 0 radical (unpaired) electrons. The van der Waals surface area contributed by atoms with Crippen molar-refractivity contribution in [3.63, 3.8) is 0 Å². The van der Waals surface area contributed by atoms with Crippen LogP contribution in [0.3, 0.4) is 0 Å². The Kier molecular flexibility index (Phi) is 8.93. The van der Waals surface area contributed by atoms with Crippen LogP contribution in [0.4, 0.5) is 0 Å². The molecule has 32 heavy (non-hydrogen) atoms. The molecular formula is C23H30ClN3O5. The normalized spacial score (nSPS) is 14.8. The first-order valence-electron chi connectivity index (χ1n) is 11.0. The zero-order valence-corrected chi connectivity index (χ0v) is 19.4. The molecule has 1 N–H and O–H groups in total. The van der Waals surface area contributed by atoms with Crippen molar-refractivity contribution in [1.82, 2.24) is 15.1 Å². The number of aryl methyl sites for hydroxylation is 2. The summed E-state index contributed by atoms with van der Waals surface area (Å²) in [6, 6.07) is 4.77.